The van der Waals surface area contributed by atoms with Crippen molar-refractivity contribution in [3.05, 3.63) is 51.8 Å². The maximum absolute atomic E-state index is 11.9. The number of halogens is 1. The molecule has 0 aliphatic heterocycles. The van der Waals surface area contributed by atoms with Crippen LogP contribution in [0.25, 0.3) is 11.3 Å². The van der Waals surface area contributed by atoms with Gasteiger partial charge in [0.2, 0.25) is 0 Å². The molecule has 0 saturated heterocycles. The molecule has 20 heavy (non-hydrogen) atoms. The summed E-state index contributed by atoms with van der Waals surface area (Å²) < 4.78 is 1.26. The lowest BCUT2D eigenvalue weighted by Gasteiger charge is -2.14. The third-order valence-electron chi connectivity index (χ3n) is 3.12. The van der Waals surface area contributed by atoms with Crippen LogP contribution in [0.5, 0.6) is 0 Å². The van der Waals surface area contributed by atoms with Gasteiger partial charge in [0.25, 0.3) is 5.56 Å². The minimum absolute atomic E-state index is 0.0737. The zero-order valence-corrected chi connectivity index (χ0v) is 12.1. The average Bonchev–Trinajstić information content (AvgIpc) is 2.42. The Morgan fingerprint density at radius 1 is 1.25 bits per heavy atom. The average molecular weight is 291 g/mol. The van der Waals surface area contributed by atoms with E-state index in [-0.39, 0.29) is 11.3 Å². The third kappa shape index (κ3) is 2.96. The predicted molar refractivity (Wildman–Crippen MR) is 79.0 cm³/mol. The van der Waals surface area contributed by atoms with Gasteiger partial charge in [0.1, 0.15) is 6.04 Å². The number of carbonyl (C=O) groups excluding carboxylic acids is 1. The summed E-state index contributed by atoms with van der Waals surface area (Å²) in [6.07, 6.45) is 0.534. The molecule has 4 nitrogen and oxygen atoms in total. The molecule has 0 spiro atoms. The lowest BCUT2D eigenvalue weighted by atomic mass is 10.1. The molecular formula is C15H15ClN2O2. The highest BCUT2D eigenvalue weighted by atomic mass is 35.5. The second-order valence-electron chi connectivity index (χ2n) is 4.54. The molecule has 1 unspecified atom stereocenters. The van der Waals surface area contributed by atoms with Crippen molar-refractivity contribution in [2.45, 2.75) is 26.3 Å². The Hall–Kier alpha value is -1.94. The van der Waals surface area contributed by atoms with Gasteiger partial charge >= 0.3 is 0 Å². The Kier molecular flexibility index (Phi) is 4.35. The number of ketones is 1. The van der Waals surface area contributed by atoms with Gasteiger partial charge in [-0.1, -0.05) is 30.7 Å². The largest absolute Gasteiger partial charge is 0.298 e. The highest BCUT2D eigenvalue weighted by Gasteiger charge is 2.17. The molecule has 1 atom stereocenters. The van der Waals surface area contributed by atoms with Gasteiger partial charge in [-0.25, -0.2) is 4.68 Å². The summed E-state index contributed by atoms with van der Waals surface area (Å²) in [5, 5.41) is 4.94. The van der Waals surface area contributed by atoms with Gasteiger partial charge in [-0.3, -0.25) is 9.59 Å². The molecule has 1 aromatic carbocycles. The van der Waals surface area contributed by atoms with Crippen LogP contribution in [0.1, 0.15) is 26.3 Å². The quantitative estimate of drug-likeness (QED) is 0.869. The first-order valence-corrected chi connectivity index (χ1v) is 6.77. The van der Waals surface area contributed by atoms with E-state index in [0.29, 0.717) is 17.1 Å². The van der Waals surface area contributed by atoms with E-state index in [1.54, 1.807) is 18.2 Å². The van der Waals surface area contributed by atoms with Gasteiger partial charge in [0.15, 0.2) is 5.78 Å². The van der Waals surface area contributed by atoms with Crippen LogP contribution in [0.4, 0.5) is 0 Å². The molecule has 5 heteroatoms. The van der Waals surface area contributed by atoms with E-state index in [4.69, 9.17) is 11.6 Å². The van der Waals surface area contributed by atoms with Crippen LogP contribution in [-0.4, -0.2) is 15.6 Å². The van der Waals surface area contributed by atoms with E-state index in [1.807, 2.05) is 19.1 Å². The Labute approximate surface area is 122 Å². The maximum atomic E-state index is 11.9. The number of hydrogen-bond acceptors (Lipinski definition) is 3. The normalized spacial score (nSPS) is 12.2. The molecule has 104 valence electrons. The van der Waals surface area contributed by atoms with E-state index >= 15 is 0 Å². The van der Waals surface area contributed by atoms with Crippen LogP contribution < -0.4 is 5.56 Å². The fourth-order valence-corrected chi connectivity index (χ4v) is 2.18. The zero-order chi connectivity index (χ0) is 14.7. The number of rotatable bonds is 4. The van der Waals surface area contributed by atoms with Crippen molar-refractivity contribution in [1.29, 1.82) is 0 Å². The molecular weight excluding hydrogens is 276 g/mol. The highest BCUT2D eigenvalue weighted by Crippen LogP contribution is 2.19. The van der Waals surface area contributed by atoms with Crippen molar-refractivity contribution in [2.75, 3.05) is 0 Å². The van der Waals surface area contributed by atoms with Gasteiger partial charge < -0.3 is 0 Å². The van der Waals surface area contributed by atoms with Crippen molar-refractivity contribution in [1.82, 2.24) is 9.78 Å². The van der Waals surface area contributed by atoms with Gasteiger partial charge in [-0.15, -0.1) is 0 Å². The molecule has 0 amide bonds. The minimum atomic E-state index is -0.519. The van der Waals surface area contributed by atoms with Gasteiger partial charge in [-0.2, -0.15) is 5.10 Å². The molecule has 1 aromatic heterocycles. The molecule has 0 fully saturated rings. The second-order valence-corrected chi connectivity index (χ2v) is 4.98. The summed E-state index contributed by atoms with van der Waals surface area (Å²) >= 11 is 5.85. The molecule has 0 saturated carbocycles. The third-order valence-corrected chi connectivity index (χ3v) is 3.37. The Morgan fingerprint density at radius 2 is 1.90 bits per heavy atom. The summed E-state index contributed by atoms with van der Waals surface area (Å²) in [4.78, 5) is 23.5. The van der Waals surface area contributed by atoms with Gasteiger partial charge in [-0.05, 0) is 31.5 Å². The Balaban J connectivity index is 2.50. The SMILES string of the molecule is CCC(C(C)=O)n1nc(-c2ccc(Cl)cc2)ccc1=O. The van der Waals surface area contributed by atoms with Crippen molar-refractivity contribution in [3.8, 4) is 11.3 Å². The first-order chi connectivity index (χ1) is 9.52. The molecule has 0 N–H and O–H groups in total. The number of Topliss-reactive ketones (excluding diaryl/α,β-unsaturated/α-hetero) is 1. The van der Waals surface area contributed by atoms with Crippen LogP contribution in [0.15, 0.2) is 41.2 Å². The monoisotopic (exact) mass is 290 g/mol. The van der Waals surface area contributed by atoms with E-state index in [2.05, 4.69) is 5.10 Å². The Morgan fingerprint density at radius 3 is 2.45 bits per heavy atom. The maximum Gasteiger partial charge on any atom is 0.267 e. The summed E-state index contributed by atoms with van der Waals surface area (Å²) in [6, 6.07) is 9.74. The second kappa shape index (κ2) is 6.01. The first-order valence-electron chi connectivity index (χ1n) is 6.39. The van der Waals surface area contributed by atoms with E-state index < -0.39 is 6.04 Å². The fourth-order valence-electron chi connectivity index (χ4n) is 2.06. The van der Waals surface area contributed by atoms with Gasteiger partial charge in [0, 0.05) is 16.7 Å². The molecule has 0 aliphatic rings. The van der Waals surface area contributed by atoms with Crippen molar-refractivity contribution >= 4 is 17.4 Å². The molecule has 1 heterocycles. The zero-order valence-electron chi connectivity index (χ0n) is 11.3. The summed E-state index contributed by atoms with van der Waals surface area (Å²) in [6.45, 7) is 3.33. The van der Waals surface area contributed by atoms with Crippen LogP contribution in [0.3, 0.4) is 0 Å². The number of benzene rings is 1. The number of nitrogens with zero attached hydrogens (tertiary/aromatic N) is 2. The lowest BCUT2D eigenvalue weighted by molar-refractivity contribution is -0.120. The van der Waals surface area contributed by atoms with Gasteiger partial charge in [0.05, 0.1) is 5.69 Å². The van der Waals surface area contributed by atoms with E-state index in [9.17, 15) is 9.59 Å². The van der Waals surface area contributed by atoms with Crippen LogP contribution in [-0.2, 0) is 4.79 Å². The van der Waals surface area contributed by atoms with Crippen LogP contribution in [0.2, 0.25) is 5.02 Å². The topological polar surface area (TPSA) is 52.0 Å². The number of carbonyl (C=O) groups is 1. The van der Waals surface area contributed by atoms with E-state index in [0.717, 1.165) is 5.56 Å². The minimum Gasteiger partial charge on any atom is -0.298 e. The molecule has 2 rings (SSSR count). The van der Waals surface area contributed by atoms with E-state index in [1.165, 1.54) is 17.7 Å². The first kappa shape index (κ1) is 14.5. The summed E-state index contributed by atoms with van der Waals surface area (Å²) in [5.74, 6) is -0.0737. The van der Waals surface area contributed by atoms with Crippen molar-refractivity contribution < 1.29 is 4.79 Å². The molecule has 0 bridgehead atoms. The molecule has 0 radical (unpaired) electrons. The fraction of sp³-hybridized carbons (Fsp3) is 0.267. The lowest BCUT2D eigenvalue weighted by Crippen LogP contribution is -2.30. The number of aromatic nitrogens is 2. The van der Waals surface area contributed by atoms with Crippen molar-refractivity contribution in [2.24, 2.45) is 0 Å². The molecule has 0 aliphatic carbocycles. The van der Waals surface area contributed by atoms with Crippen LogP contribution in [0, 0.1) is 0 Å². The Bertz CT molecular complexity index is 677. The van der Waals surface area contributed by atoms with Crippen LogP contribution >= 0.6 is 11.6 Å². The smallest absolute Gasteiger partial charge is 0.267 e. The predicted octanol–water partition coefficient (Wildman–Crippen LogP) is 3.10. The number of hydrogen-bond donors (Lipinski definition) is 0. The summed E-state index contributed by atoms with van der Waals surface area (Å²) in [7, 11) is 0. The molecule has 2 aromatic rings. The highest BCUT2D eigenvalue weighted by molar-refractivity contribution is 6.30. The summed E-state index contributed by atoms with van der Waals surface area (Å²) in [5.41, 5.74) is 1.22. The standard InChI is InChI=1S/C15H15ClN2O2/c1-3-14(10(2)19)18-15(20)9-8-13(17-18)11-4-6-12(16)7-5-11/h4-9,14H,3H2,1-2H3. The van der Waals surface area contributed by atoms with Crippen molar-refractivity contribution in [3.63, 3.8) is 0 Å².